The second kappa shape index (κ2) is 10.1. The SMILES string of the molecule is Cc1cccc(OCCCCn2c(C(C)NC(=O)c3ccncc3)nc3ccccc32)c1. The van der Waals surface area contributed by atoms with Crippen LogP contribution in [0.1, 0.15) is 47.6 Å². The molecule has 0 aliphatic rings. The van der Waals surface area contributed by atoms with Crippen LogP contribution in [-0.4, -0.2) is 27.0 Å². The van der Waals surface area contributed by atoms with E-state index in [-0.39, 0.29) is 11.9 Å². The highest BCUT2D eigenvalue weighted by Gasteiger charge is 2.19. The number of aryl methyl sites for hydroxylation is 2. The molecule has 1 amide bonds. The fourth-order valence-corrected chi connectivity index (χ4v) is 3.77. The van der Waals surface area contributed by atoms with Crippen molar-refractivity contribution in [3.8, 4) is 5.75 Å². The topological polar surface area (TPSA) is 69.0 Å². The summed E-state index contributed by atoms with van der Waals surface area (Å²) in [5, 5.41) is 3.07. The molecular formula is C26H28N4O2. The maximum absolute atomic E-state index is 12.6. The molecular weight excluding hydrogens is 400 g/mol. The van der Waals surface area contributed by atoms with E-state index >= 15 is 0 Å². The summed E-state index contributed by atoms with van der Waals surface area (Å²) in [6, 6.07) is 19.4. The van der Waals surface area contributed by atoms with Crippen molar-refractivity contribution >= 4 is 16.9 Å². The Morgan fingerprint density at radius 2 is 1.88 bits per heavy atom. The second-order valence-electron chi connectivity index (χ2n) is 7.91. The van der Waals surface area contributed by atoms with Crippen LogP contribution in [-0.2, 0) is 6.54 Å². The molecule has 0 fully saturated rings. The number of hydrogen-bond acceptors (Lipinski definition) is 4. The molecule has 0 radical (unpaired) electrons. The normalized spacial score (nSPS) is 11.9. The number of rotatable bonds is 9. The highest BCUT2D eigenvalue weighted by Crippen LogP contribution is 2.22. The first-order chi connectivity index (χ1) is 15.6. The quantitative estimate of drug-likeness (QED) is 0.377. The van der Waals surface area contributed by atoms with Crippen molar-refractivity contribution in [1.29, 1.82) is 0 Å². The minimum atomic E-state index is -0.230. The van der Waals surface area contributed by atoms with Gasteiger partial charge in [0, 0.05) is 24.5 Å². The monoisotopic (exact) mass is 428 g/mol. The van der Waals surface area contributed by atoms with Crippen LogP contribution in [0.25, 0.3) is 11.0 Å². The summed E-state index contributed by atoms with van der Waals surface area (Å²) in [6.45, 7) is 5.51. The fourth-order valence-electron chi connectivity index (χ4n) is 3.77. The maximum atomic E-state index is 12.6. The van der Waals surface area contributed by atoms with Gasteiger partial charge in [-0.15, -0.1) is 0 Å². The number of amides is 1. The lowest BCUT2D eigenvalue weighted by molar-refractivity contribution is 0.0937. The number of ether oxygens (including phenoxy) is 1. The molecule has 6 heteroatoms. The zero-order chi connectivity index (χ0) is 22.3. The Labute approximate surface area is 188 Å². The Morgan fingerprint density at radius 3 is 2.69 bits per heavy atom. The zero-order valence-corrected chi connectivity index (χ0v) is 18.5. The summed E-state index contributed by atoms with van der Waals surface area (Å²) in [5.74, 6) is 1.63. The lowest BCUT2D eigenvalue weighted by atomic mass is 10.2. The van der Waals surface area contributed by atoms with Gasteiger partial charge in [0.25, 0.3) is 5.91 Å². The van der Waals surface area contributed by atoms with Gasteiger partial charge in [-0.25, -0.2) is 4.98 Å². The number of hydrogen-bond donors (Lipinski definition) is 1. The van der Waals surface area contributed by atoms with Gasteiger partial charge in [0.1, 0.15) is 11.6 Å². The molecule has 6 nitrogen and oxygen atoms in total. The fraction of sp³-hybridized carbons (Fsp3) is 0.269. The van der Waals surface area contributed by atoms with Crippen molar-refractivity contribution in [3.05, 3.63) is 90.0 Å². The van der Waals surface area contributed by atoms with E-state index in [4.69, 9.17) is 9.72 Å². The molecule has 2 aromatic heterocycles. The van der Waals surface area contributed by atoms with Crippen molar-refractivity contribution in [3.63, 3.8) is 0 Å². The average molecular weight is 429 g/mol. The molecule has 0 saturated carbocycles. The Bertz CT molecular complexity index is 1190. The van der Waals surface area contributed by atoms with Crippen molar-refractivity contribution < 1.29 is 9.53 Å². The number of nitrogens with one attached hydrogen (secondary N) is 1. The first-order valence-corrected chi connectivity index (χ1v) is 11.0. The van der Waals surface area contributed by atoms with E-state index < -0.39 is 0 Å². The van der Waals surface area contributed by atoms with Crippen molar-refractivity contribution in [2.45, 2.75) is 39.3 Å². The number of carbonyl (C=O) groups is 1. The third-order valence-corrected chi connectivity index (χ3v) is 5.40. The zero-order valence-electron chi connectivity index (χ0n) is 18.5. The van der Waals surface area contributed by atoms with Crippen LogP contribution in [0, 0.1) is 6.92 Å². The minimum Gasteiger partial charge on any atom is -0.494 e. The number of carbonyl (C=O) groups excluding carboxylic acids is 1. The van der Waals surface area contributed by atoms with Gasteiger partial charge in [0.05, 0.1) is 23.7 Å². The first-order valence-electron chi connectivity index (χ1n) is 11.0. The van der Waals surface area contributed by atoms with Crippen LogP contribution in [0.5, 0.6) is 5.75 Å². The van der Waals surface area contributed by atoms with Gasteiger partial charge in [0.15, 0.2) is 0 Å². The van der Waals surface area contributed by atoms with Crippen LogP contribution in [0.4, 0.5) is 0 Å². The predicted molar refractivity (Wildman–Crippen MR) is 126 cm³/mol. The van der Waals surface area contributed by atoms with Gasteiger partial charge >= 0.3 is 0 Å². The molecule has 4 rings (SSSR count). The highest BCUT2D eigenvalue weighted by molar-refractivity contribution is 5.94. The Balaban J connectivity index is 1.42. The van der Waals surface area contributed by atoms with Crippen molar-refractivity contribution in [2.75, 3.05) is 6.61 Å². The van der Waals surface area contributed by atoms with Crippen LogP contribution in [0.2, 0.25) is 0 Å². The van der Waals surface area contributed by atoms with E-state index in [2.05, 4.69) is 40.0 Å². The van der Waals surface area contributed by atoms with Crippen LogP contribution < -0.4 is 10.1 Å². The van der Waals surface area contributed by atoms with Crippen LogP contribution >= 0.6 is 0 Å². The second-order valence-corrected chi connectivity index (χ2v) is 7.91. The number of imidazole rings is 1. The number of aromatic nitrogens is 3. The van der Waals surface area contributed by atoms with E-state index in [1.54, 1.807) is 24.5 Å². The average Bonchev–Trinajstić information content (AvgIpc) is 3.18. The number of para-hydroxylation sites is 2. The van der Waals surface area contributed by atoms with Gasteiger partial charge in [-0.2, -0.15) is 0 Å². The molecule has 32 heavy (non-hydrogen) atoms. The molecule has 0 aliphatic carbocycles. The van der Waals surface area contributed by atoms with Crippen molar-refractivity contribution in [2.24, 2.45) is 0 Å². The van der Waals surface area contributed by atoms with Gasteiger partial charge in [0.2, 0.25) is 0 Å². The summed E-state index contributed by atoms with van der Waals surface area (Å²) in [6.07, 6.45) is 5.11. The summed E-state index contributed by atoms with van der Waals surface area (Å²) in [4.78, 5) is 21.4. The lowest BCUT2D eigenvalue weighted by Crippen LogP contribution is -2.28. The van der Waals surface area contributed by atoms with E-state index in [1.165, 1.54) is 5.56 Å². The third-order valence-electron chi connectivity index (χ3n) is 5.40. The summed E-state index contributed by atoms with van der Waals surface area (Å²) < 4.78 is 8.09. The first kappa shape index (κ1) is 21.6. The molecule has 1 unspecified atom stereocenters. The van der Waals surface area contributed by atoms with Gasteiger partial charge in [-0.1, -0.05) is 24.3 Å². The molecule has 0 bridgehead atoms. The molecule has 1 atom stereocenters. The third kappa shape index (κ3) is 5.14. The number of nitrogens with zero attached hydrogens (tertiary/aromatic N) is 3. The molecule has 2 aromatic carbocycles. The molecule has 2 heterocycles. The van der Waals surface area contributed by atoms with Crippen LogP contribution in [0.15, 0.2) is 73.1 Å². The largest absolute Gasteiger partial charge is 0.494 e. The summed E-state index contributed by atoms with van der Waals surface area (Å²) in [7, 11) is 0. The highest BCUT2D eigenvalue weighted by atomic mass is 16.5. The van der Waals surface area contributed by atoms with Crippen LogP contribution in [0.3, 0.4) is 0 Å². The maximum Gasteiger partial charge on any atom is 0.251 e. The predicted octanol–water partition coefficient (Wildman–Crippen LogP) is 5.09. The number of benzene rings is 2. The summed E-state index contributed by atoms with van der Waals surface area (Å²) in [5.41, 5.74) is 3.79. The molecule has 0 aliphatic heterocycles. The standard InChI is InChI=1S/C26H28N4O2/c1-19-8-7-9-22(18-19)32-17-6-5-16-30-24-11-4-3-10-23(24)29-25(30)20(2)28-26(31)21-12-14-27-15-13-21/h3-4,7-15,18,20H,5-6,16-17H2,1-2H3,(H,28,31). The Morgan fingerprint density at radius 1 is 1.06 bits per heavy atom. The van der Waals surface area contributed by atoms with Crippen molar-refractivity contribution in [1.82, 2.24) is 19.9 Å². The molecule has 164 valence electrons. The molecule has 1 N–H and O–H groups in total. The number of fused-ring (bicyclic) bond motifs is 1. The molecule has 4 aromatic rings. The van der Waals surface area contributed by atoms with Gasteiger partial charge in [-0.3, -0.25) is 9.78 Å². The molecule has 0 saturated heterocycles. The summed E-state index contributed by atoms with van der Waals surface area (Å²) >= 11 is 0. The molecule has 0 spiro atoms. The Hall–Kier alpha value is -3.67. The van der Waals surface area contributed by atoms with E-state index in [0.29, 0.717) is 12.2 Å². The van der Waals surface area contributed by atoms with E-state index in [0.717, 1.165) is 42.0 Å². The minimum absolute atomic E-state index is 0.134. The lowest BCUT2D eigenvalue weighted by Gasteiger charge is -2.16. The van der Waals surface area contributed by atoms with Gasteiger partial charge < -0.3 is 14.6 Å². The smallest absolute Gasteiger partial charge is 0.251 e. The van der Waals surface area contributed by atoms with E-state index in [9.17, 15) is 4.79 Å². The van der Waals surface area contributed by atoms with Gasteiger partial charge in [-0.05, 0) is 68.7 Å². The number of unbranched alkanes of at least 4 members (excludes halogenated alkanes) is 1. The van der Waals surface area contributed by atoms with E-state index in [1.807, 2.05) is 37.3 Å². The number of pyridine rings is 1. The Kier molecular flexibility index (Phi) is 6.80.